The molecule has 0 bridgehead atoms. The number of rotatable bonds is 5. The number of nitrogens with one attached hydrogen (secondary N) is 1. The maximum atomic E-state index is 13.0. The first-order valence-corrected chi connectivity index (χ1v) is 14.1. The van der Waals surface area contributed by atoms with Gasteiger partial charge in [0.1, 0.15) is 23.7 Å². The number of amides is 1. The van der Waals surface area contributed by atoms with Gasteiger partial charge in [-0.05, 0) is 68.0 Å². The fraction of sp³-hybridized carbons (Fsp3) is 0.281. The zero-order valence-electron chi connectivity index (χ0n) is 23.8. The van der Waals surface area contributed by atoms with Crippen LogP contribution in [0.4, 0.5) is 5.82 Å². The summed E-state index contributed by atoms with van der Waals surface area (Å²) in [5.74, 6) is 1.45. The number of carbonyl (C=O) groups is 1. The minimum atomic E-state index is -0.353. The van der Waals surface area contributed by atoms with Gasteiger partial charge >= 0.3 is 0 Å². The van der Waals surface area contributed by atoms with Crippen molar-refractivity contribution in [3.05, 3.63) is 84.2 Å². The fourth-order valence-electron chi connectivity index (χ4n) is 6.81. The van der Waals surface area contributed by atoms with Crippen LogP contribution in [0.15, 0.2) is 67.4 Å². The first-order chi connectivity index (χ1) is 20.8. The van der Waals surface area contributed by atoms with Crippen molar-refractivity contribution in [1.82, 2.24) is 34.7 Å². The topological polar surface area (TPSA) is 141 Å². The maximum absolute atomic E-state index is 13.0. The Morgan fingerprint density at radius 1 is 1.02 bits per heavy atom. The number of aryl methyl sites for hydroxylation is 1. The molecule has 11 nitrogen and oxygen atoms in total. The highest BCUT2D eigenvalue weighted by molar-refractivity contribution is 5.95. The van der Waals surface area contributed by atoms with Crippen molar-refractivity contribution in [2.75, 3.05) is 18.0 Å². The lowest BCUT2D eigenvalue weighted by Crippen LogP contribution is -2.45. The van der Waals surface area contributed by atoms with E-state index < -0.39 is 0 Å². The number of fused-ring (bicyclic) bond motifs is 2. The molecule has 6 heterocycles. The van der Waals surface area contributed by atoms with Crippen LogP contribution in [0.5, 0.6) is 0 Å². The predicted molar refractivity (Wildman–Crippen MR) is 159 cm³/mol. The molecule has 5 aromatic rings. The summed E-state index contributed by atoms with van der Waals surface area (Å²) in [6.07, 6.45) is 10.5. The third kappa shape index (κ3) is 4.65. The van der Waals surface area contributed by atoms with Gasteiger partial charge in [-0.25, -0.2) is 14.5 Å². The quantitative estimate of drug-likeness (QED) is 0.336. The molecule has 3 atom stereocenters. The largest absolute Gasteiger partial charge is 0.356 e. The highest BCUT2D eigenvalue weighted by atomic mass is 16.2. The molecule has 1 aliphatic heterocycles. The van der Waals surface area contributed by atoms with Crippen LogP contribution in [0, 0.1) is 34.5 Å². The number of aromatic nitrogens is 6. The van der Waals surface area contributed by atoms with E-state index in [1.807, 2.05) is 49.9 Å². The first-order valence-electron chi connectivity index (χ1n) is 14.1. The standard InChI is InChI=1S/C32H28N10O/c1-32(38-31(43)29-20(13-33)4-3-8-35-29)11-23-17-41(18-24(23)12-32)28-6-5-21(15-36-28)26-10-22(27-7-9-40(2)39-27)19-42-30(26)25(14-34)16-37-42/h3-10,15-16,19,23-24H,11-12,17-18H2,1-2H3,(H,38,43)/t23-,24+,32+. The number of nitriles is 2. The lowest BCUT2D eigenvalue weighted by atomic mass is 9.97. The average molecular weight is 569 g/mol. The van der Waals surface area contributed by atoms with Crippen molar-refractivity contribution in [2.24, 2.45) is 18.9 Å². The molecule has 1 saturated carbocycles. The van der Waals surface area contributed by atoms with E-state index in [9.17, 15) is 15.3 Å². The Kier molecular flexibility index (Phi) is 6.17. The Bertz CT molecular complexity index is 1940. The number of anilines is 1. The van der Waals surface area contributed by atoms with E-state index in [1.54, 1.807) is 27.5 Å². The van der Waals surface area contributed by atoms with E-state index in [2.05, 4.69) is 44.5 Å². The molecule has 212 valence electrons. The van der Waals surface area contributed by atoms with Gasteiger partial charge in [0.25, 0.3) is 5.91 Å². The number of hydrogen-bond acceptors (Lipinski definition) is 8. The van der Waals surface area contributed by atoms with Gasteiger partial charge in [-0.3, -0.25) is 9.48 Å². The van der Waals surface area contributed by atoms with Crippen molar-refractivity contribution >= 4 is 17.2 Å². The van der Waals surface area contributed by atoms with E-state index in [1.165, 1.54) is 6.20 Å². The molecule has 0 aromatic carbocycles. The van der Waals surface area contributed by atoms with Gasteiger partial charge in [0.15, 0.2) is 0 Å². The number of carbonyl (C=O) groups excluding carboxylic acids is 1. The Labute approximate surface area is 248 Å². The lowest BCUT2D eigenvalue weighted by molar-refractivity contribution is 0.0899. The molecule has 43 heavy (non-hydrogen) atoms. The fourth-order valence-corrected chi connectivity index (χ4v) is 6.81. The molecule has 1 saturated heterocycles. The molecule has 5 aromatic heterocycles. The monoisotopic (exact) mass is 568 g/mol. The molecule has 0 radical (unpaired) electrons. The zero-order chi connectivity index (χ0) is 29.7. The van der Waals surface area contributed by atoms with Gasteiger partial charge in [-0.1, -0.05) is 0 Å². The van der Waals surface area contributed by atoms with Gasteiger partial charge < -0.3 is 10.2 Å². The van der Waals surface area contributed by atoms with E-state index in [-0.39, 0.29) is 22.7 Å². The van der Waals surface area contributed by atoms with Crippen LogP contribution in [0.3, 0.4) is 0 Å². The smallest absolute Gasteiger partial charge is 0.271 e. The first kappa shape index (κ1) is 26.4. The minimum absolute atomic E-state index is 0.176. The van der Waals surface area contributed by atoms with Crippen LogP contribution < -0.4 is 10.2 Å². The Morgan fingerprint density at radius 2 is 1.81 bits per heavy atom. The highest BCUT2D eigenvalue weighted by Crippen LogP contribution is 2.45. The molecule has 0 unspecified atom stereocenters. The summed E-state index contributed by atoms with van der Waals surface area (Å²) in [6.45, 7) is 3.80. The Balaban J connectivity index is 1.09. The van der Waals surface area contributed by atoms with E-state index in [4.69, 9.17) is 4.98 Å². The van der Waals surface area contributed by atoms with Gasteiger partial charge in [0.05, 0.1) is 28.5 Å². The normalized spacial score (nSPS) is 21.0. The van der Waals surface area contributed by atoms with Gasteiger partial charge in [0.2, 0.25) is 0 Å². The molecular weight excluding hydrogens is 540 g/mol. The average Bonchev–Trinajstić information content (AvgIpc) is 3.79. The van der Waals surface area contributed by atoms with Crippen LogP contribution >= 0.6 is 0 Å². The van der Waals surface area contributed by atoms with Crippen LogP contribution in [0.1, 0.15) is 41.4 Å². The molecule has 1 aliphatic carbocycles. The summed E-state index contributed by atoms with van der Waals surface area (Å²) in [6, 6.07) is 15.7. The molecule has 0 spiro atoms. The summed E-state index contributed by atoms with van der Waals surface area (Å²) in [5.41, 5.74) is 4.82. The third-order valence-corrected chi connectivity index (χ3v) is 8.68. The Hall–Kier alpha value is -5.55. The maximum Gasteiger partial charge on any atom is 0.271 e. The second-order valence-corrected chi connectivity index (χ2v) is 11.7. The van der Waals surface area contributed by atoms with Crippen LogP contribution in [-0.2, 0) is 7.05 Å². The summed E-state index contributed by atoms with van der Waals surface area (Å²) in [7, 11) is 1.88. The summed E-state index contributed by atoms with van der Waals surface area (Å²) in [5, 5.41) is 31.2. The van der Waals surface area contributed by atoms with Crippen molar-refractivity contribution in [1.29, 1.82) is 10.5 Å². The van der Waals surface area contributed by atoms with Gasteiger partial charge in [-0.15, -0.1) is 0 Å². The van der Waals surface area contributed by atoms with E-state index >= 15 is 0 Å². The second kappa shape index (κ2) is 10.1. The minimum Gasteiger partial charge on any atom is -0.356 e. The molecule has 2 aliphatic rings. The summed E-state index contributed by atoms with van der Waals surface area (Å²) in [4.78, 5) is 24.3. The molecule has 1 amide bonds. The molecule has 11 heteroatoms. The SMILES string of the molecule is Cn1ccc(-c2cc(-c3ccc(N4C[C@@H]5C[C@@](C)(NC(=O)c6ncccc6C#N)C[C@@H]5C4)nc3)c3c(C#N)cnn3c2)n1. The van der Waals surface area contributed by atoms with Crippen LogP contribution in [0.25, 0.3) is 27.9 Å². The lowest BCUT2D eigenvalue weighted by Gasteiger charge is -2.28. The van der Waals surface area contributed by atoms with Crippen LogP contribution in [-0.4, -0.2) is 53.9 Å². The second-order valence-electron chi connectivity index (χ2n) is 11.7. The van der Waals surface area contributed by atoms with Crippen molar-refractivity contribution < 1.29 is 4.79 Å². The predicted octanol–water partition coefficient (Wildman–Crippen LogP) is 3.97. The van der Waals surface area contributed by atoms with Gasteiger partial charge in [0, 0.05) is 67.2 Å². The van der Waals surface area contributed by atoms with Crippen molar-refractivity contribution in [3.63, 3.8) is 0 Å². The Morgan fingerprint density at radius 3 is 2.49 bits per heavy atom. The van der Waals surface area contributed by atoms with Gasteiger partial charge in [-0.2, -0.15) is 20.7 Å². The van der Waals surface area contributed by atoms with Crippen LogP contribution in [0.2, 0.25) is 0 Å². The van der Waals surface area contributed by atoms with E-state index in [0.29, 0.717) is 17.4 Å². The zero-order valence-corrected chi connectivity index (χ0v) is 23.8. The number of nitrogens with zero attached hydrogens (tertiary/aromatic N) is 9. The number of hydrogen-bond donors (Lipinski definition) is 1. The van der Waals surface area contributed by atoms with Crippen molar-refractivity contribution in [2.45, 2.75) is 25.3 Å². The summed E-state index contributed by atoms with van der Waals surface area (Å²) < 4.78 is 3.49. The van der Waals surface area contributed by atoms with Crippen molar-refractivity contribution in [3.8, 4) is 34.5 Å². The molecule has 1 N–H and O–H groups in total. The summed E-state index contributed by atoms with van der Waals surface area (Å²) >= 11 is 0. The third-order valence-electron chi connectivity index (χ3n) is 8.68. The van der Waals surface area contributed by atoms with E-state index in [0.717, 1.165) is 59.7 Å². The number of pyridine rings is 3. The highest BCUT2D eigenvalue weighted by Gasteiger charge is 2.47. The molecule has 2 fully saturated rings. The molecule has 7 rings (SSSR count). The molecular formula is C32H28N10O.